The van der Waals surface area contributed by atoms with Gasteiger partial charge in [0.2, 0.25) is 5.76 Å². The minimum atomic E-state index is -0.438. The van der Waals surface area contributed by atoms with Gasteiger partial charge in [0.15, 0.2) is 5.76 Å². The minimum Gasteiger partial charge on any atom is -0.461 e. The van der Waals surface area contributed by atoms with E-state index < -0.39 is 5.97 Å². The lowest BCUT2D eigenvalue weighted by Crippen LogP contribution is -2.00. The Bertz CT molecular complexity index is 819. The molecule has 0 radical (unpaired) electrons. The number of nitrogens with zero attached hydrogens (tertiary/aromatic N) is 1. The summed E-state index contributed by atoms with van der Waals surface area (Å²) < 4.78 is 15.5. The molecule has 0 saturated carbocycles. The number of hydrogen-bond acceptors (Lipinski definition) is 6. The van der Waals surface area contributed by atoms with Crippen molar-refractivity contribution in [3.8, 4) is 11.5 Å². The maximum atomic E-state index is 11.8. The van der Waals surface area contributed by atoms with Gasteiger partial charge in [0, 0.05) is 17.0 Å². The summed E-state index contributed by atoms with van der Waals surface area (Å²) in [5.41, 5.74) is 1.46. The van der Waals surface area contributed by atoms with Crippen molar-refractivity contribution in [2.24, 2.45) is 0 Å². The number of carbonyl (C=O) groups is 1. The molecule has 0 N–H and O–H groups in total. The summed E-state index contributed by atoms with van der Waals surface area (Å²) in [4.78, 5) is 12.9. The Labute approximate surface area is 143 Å². The summed E-state index contributed by atoms with van der Waals surface area (Å²) in [5.74, 6) is 0.635. The van der Waals surface area contributed by atoms with Crippen molar-refractivity contribution < 1.29 is 18.5 Å². The monoisotopic (exact) mass is 341 g/mol. The summed E-state index contributed by atoms with van der Waals surface area (Å²) in [6.07, 6.45) is 6.67. The third-order valence-corrected chi connectivity index (χ3v) is 3.96. The van der Waals surface area contributed by atoms with E-state index >= 15 is 0 Å². The van der Waals surface area contributed by atoms with Gasteiger partial charge in [0.25, 0.3) is 0 Å². The highest BCUT2D eigenvalue weighted by Crippen LogP contribution is 2.20. The molecular weight excluding hydrogens is 326 g/mol. The predicted octanol–water partition coefficient (Wildman–Crippen LogP) is 4.41. The number of thioether (sulfide) groups is 1. The molecule has 0 bridgehead atoms. The lowest BCUT2D eigenvalue weighted by atomic mass is 10.2. The van der Waals surface area contributed by atoms with E-state index in [-0.39, 0.29) is 6.61 Å². The molecule has 2 heterocycles. The Morgan fingerprint density at radius 1 is 1.25 bits per heavy atom. The molecule has 2 aromatic heterocycles. The molecule has 0 fully saturated rings. The first-order valence-electron chi connectivity index (χ1n) is 7.23. The molecule has 0 atom stereocenters. The third kappa shape index (κ3) is 4.17. The number of hydrogen-bond donors (Lipinski definition) is 0. The summed E-state index contributed by atoms with van der Waals surface area (Å²) in [7, 11) is 0. The summed E-state index contributed by atoms with van der Waals surface area (Å²) in [6, 6.07) is 13.1. The number of furan rings is 1. The lowest BCUT2D eigenvalue weighted by molar-refractivity contribution is -0.139. The molecule has 0 spiro atoms. The molecule has 0 saturated heterocycles. The Hall–Kier alpha value is -2.73. The molecule has 24 heavy (non-hydrogen) atoms. The maximum absolute atomic E-state index is 11.8. The van der Waals surface area contributed by atoms with E-state index in [4.69, 9.17) is 13.7 Å². The molecule has 1 aromatic carbocycles. The number of ether oxygens (including phenoxy) is 1. The summed E-state index contributed by atoms with van der Waals surface area (Å²) in [5, 5.41) is 3.84. The zero-order chi connectivity index (χ0) is 16.8. The van der Waals surface area contributed by atoms with Crippen molar-refractivity contribution >= 4 is 23.8 Å². The van der Waals surface area contributed by atoms with Gasteiger partial charge in [0.05, 0.1) is 6.26 Å². The van der Waals surface area contributed by atoms with Crippen LogP contribution in [0.1, 0.15) is 11.3 Å². The molecule has 0 amide bonds. The van der Waals surface area contributed by atoms with Crippen molar-refractivity contribution in [2.75, 3.05) is 6.26 Å². The topological polar surface area (TPSA) is 65.5 Å². The number of esters is 1. The first-order chi connectivity index (χ1) is 11.7. The van der Waals surface area contributed by atoms with Crippen LogP contribution in [0.2, 0.25) is 0 Å². The van der Waals surface area contributed by atoms with Gasteiger partial charge in [-0.05, 0) is 42.2 Å². The minimum absolute atomic E-state index is 0.0405. The van der Waals surface area contributed by atoms with Crippen LogP contribution in [0.5, 0.6) is 0 Å². The molecule has 6 heteroatoms. The second kappa shape index (κ2) is 7.70. The Morgan fingerprint density at radius 3 is 2.79 bits per heavy atom. The van der Waals surface area contributed by atoms with Crippen molar-refractivity contribution in [3.63, 3.8) is 0 Å². The summed E-state index contributed by atoms with van der Waals surface area (Å²) in [6.45, 7) is 0.0405. The van der Waals surface area contributed by atoms with E-state index in [1.807, 2.05) is 30.5 Å². The van der Waals surface area contributed by atoms with Crippen LogP contribution in [0.15, 0.2) is 68.6 Å². The molecule has 122 valence electrons. The van der Waals surface area contributed by atoms with Gasteiger partial charge in [-0.2, -0.15) is 0 Å². The van der Waals surface area contributed by atoms with Crippen LogP contribution in [0.25, 0.3) is 17.6 Å². The average Bonchev–Trinajstić information content (AvgIpc) is 3.29. The van der Waals surface area contributed by atoms with Crippen molar-refractivity contribution in [1.29, 1.82) is 0 Å². The lowest BCUT2D eigenvalue weighted by Gasteiger charge is -1.98. The van der Waals surface area contributed by atoms with Crippen LogP contribution in [-0.4, -0.2) is 17.4 Å². The SMILES string of the molecule is CSc1ccc(/C=C/C(=O)OCc2cc(-c3ccco3)on2)cc1. The highest BCUT2D eigenvalue weighted by molar-refractivity contribution is 7.98. The van der Waals surface area contributed by atoms with Crippen LogP contribution in [-0.2, 0) is 16.1 Å². The summed E-state index contributed by atoms with van der Waals surface area (Å²) >= 11 is 1.67. The van der Waals surface area contributed by atoms with Crippen LogP contribution >= 0.6 is 11.8 Å². The zero-order valence-electron chi connectivity index (χ0n) is 13.0. The largest absolute Gasteiger partial charge is 0.461 e. The normalized spacial score (nSPS) is 11.0. The smallest absolute Gasteiger partial charge is 0.331 e. The molecule has 3 aromatic rings. The Morgan fingerprint density at radius 2 is 2.08 bits per heavy atom. The van der Waals surface area contributed by atoms with E-state index in [1.165, 1.54) is 11.0 Å². The second-order valence-electron chi connectivity index (χ2n) is 4.87. The number of carbonyl (C=O) groups excluding carboxylic acids is 1. The van der Waals surface area contributed by atoms with Crippen molar-refractivity contribution in [1.82, 2.24) is 5.16 Å². The van der Waals surface area contributed by atoms with Gasteiger partial charge < -0.3 is 13.7 Å². The van der Waals surface area contributed by atoms with Crippen LogP contribution in [0, 0.1) is 0 Å². The standard InChI is InChI=1S/C18H15NO4S/c1-24-15-7-4-13(5-8-15)6-9-18(20)22-12-14-11-17(23-19-14)16-3-2-10-21-16/h2-11H,12H2,1H3/b9-6+. The number of benzene rings is 1. The molecule has 0 unspecified atom stereocenters. The first-order valence-corrected chi connectivity index (χ1v) is 8.45. The number of rotatable bonds is 6. The van der Waals surface area contributed by atoms with E-state index in [2.05, 4.69) is 5.16 Å². The predicted molar refractivity (Wildman–Crippen MR) is 91.3 cm³/mol. The van der Waals surface area contributed by atoms with Gasteiger partial charge in [-0.25, -0.2) is 4.79 Å². The first kappa shape index (κ1) is 16.1. The molecular formula is C18H15NO4S. The van der Waals surface area contributed by atoms with Gasteiger partial charge in [0.1, 0.15) is 12.3 Å². The fourth-order valence-electron chi connectivity index (χ4n) is 1.99. The molecule has 0 aliphatic heterocycles. The van der Waals surface area contributed by atoms with E-state index in [0.29, 0.717) is 17.2 Å². The van der Waals surface area contributed by atoms with E-state index in [9.17, 15) is 4.79 Å². The van der Waals surface area contributed by atoms with Gasteiger partial charge in [-0.1, -0.05) is 17.3 Å². The zero-order valence-corrected chi connectivity index (χ0v) is 13.8. The fraction of sp³-hybridized carbons (Fsp3) is 0.111. The van der Waals surface area contributed by atoms with Crippen LogP contribution in [0.3, 0.4) is 0 Å². The fourth-order valence-corrected chi connectivity index (χ4v) is 2.40. The van der Waals surface area contributed by atoms with Crippen molar-refractivity contribution in [2.45, 2.75) is 11.5 Å². The molecule has 5 nitrogen and oxygen atoms in total. The van der Waals surface area contributed by atoms with Crippen LogP contribution in [0.4, 0.5) is 0 Å². The highest BCUT2D eigenvalue weighted by Gasteiger charge is 2.10. The Balaban J connectivity index is 1.52. The van der Waals surface area contributed by atoms with Crippen LogP contribution < -0.4 is 0 Å². The van der Waals surface area contributed by atoms with Crippen molar-refractivity contribution in [3.05, 3.63) is 66.1 Å². The number of aromatic nitrogens is 1. The molecule has 3 rings (SSSR count). The van der Waals surface area contributed by atoms with E-state index in [1.54, 1.807) is 42.3 Å². The van der Waals surface area contributed by atoms with E-state index in [0.717, 1.165) is 5.56 Å². The Kier molecular flexibility index (Phi) is 5.18. The highest BCUT2D eigenvalue weighted by atomic mass is 32.2. The molecule has 0 aliphatic rings. The maximum Gasteiger partial charge on any atom is 0.331 e. The quantitative estimate of drug-likeness (QED) is 0.376. The van der Waals surface area contributed by atoms with Gasteiger partial charge in [-0.15, -0.1) is 11.8 Å². The van der Waals surface area contributed by atoms with Gasteiger partial charge >= 0.3 is 5.97 Å². The third-order valence-electron chi connectivity index (χ3n) is 3.21. The second-order valence-corrected chi connectivity index (χ2v) is 5.75. The van der Waals surface area contributed by atoms with Gasteiger partial charge in [-0.3, -0.25) is 0 Å². The molecule has 0 aliphatic carbocycles. The average molecular weight is 341 g/mol.